The van der Waals surface area contributed by atoms with Crippen molar-refractivity contribution in [3.05, 3.63) is 22.4 Å². The molecule has 0 spiro atoms. The number of nitrogens with zero attached hydrogens (tertiary/aromatic N) is 2. The molecule has 1 aromatic rings. The lowest BCUT2D eigenvalue weighted by molar-refractivity contribution is -0.134. The zero-order chi connectivity index (χ0) is 12.3. The minimum Gasteiger partial charge on any atom is -0.339 e. The SMILES string of the molecule is CN1CCN(C(=O)C(N)Cc2cccs2)CC1. The first-order valence-electron chi connectivity index (χ1n) is 5.92. The van der Waals surface area contributed by atoms with Crippen molar-refractivity contribution in [2.75, 3.05) is 33.2 Å². The summed E-state index contributed by atoms with van der Waals surface area (Å²) in [5.74, 6) is 0.0894. The summed E-state index contributed by atoms with van der Waals surface area (Å²) in [6, 6.07) is 3.63. The van der Waals surface area contributed by atoms with E-state index in [-0.39, 0.29) is 5.91 Å². The molecule has 0 saturated carbocycles. The lowest BCUT2D eigenvalue weighted by atomic mass is 10.1. The van der Waals surface area contributed by atoms with Crippen LogP contribution in [0.2, 0.25) is 0 Å². The second-order valence-corrected chi connectivity index (χ2v) is 5.55. The van der Waals surface area contributed by atoms with Gasteiger partial charge in [-0.1, -0.05) is 6.07 Å². The molecule has 1 unspecified atom stereocenters. The van der Waals surface area contributed by atoms with E-state index in [1.807, 2.05) is 22.4 Å². The molecule has 4 nitrogen and oxygen atoms in total. The molecule has 17 heavy (non-hydrogen) atoms. The molecule has 2 N–H and O–H groups in total. The van der Waals surface area contributed by atoms with Gasteiger partial charge in [-0.15, -0.1) is 11.3 Å². The molecule has 1 aromatic heterocycles. The Morgan fingerprint density at radius 2 is 2.18 bits per heavy atom. The Balaban J connectivity index is 1.86. The van der Waals surface area contributed by atoms with Crippen LogP contribution in [0.15, 0.2) is 17.5 Å². The van der Waals surface area contributed by atoms with Crippen LogP contribution in [0.25, 0.3) is 0 Å². The van der Waals surface area contributed by atoms with Crippen molar-refractivity contribution in [2.45, 2.75) is 12.5 Å². The van der Waals surface area contributed by atoms with Gasteiger partial charge in [0.2, 0.25) is 5.91 Å². The smallest absolute Gasteiger partial charge is 0.239 e. The van der Waals surface area contributed by atoms with Gasteiger partial charge in [0, 0.05) is 37.5 Å². The summed E-state index contributed by atoms with van der Waals surface area (Å²) >= 11 is 1.66. The molecule has 1 atom stereocenters. The molecule has 1 aliphatic heterocycles. The maximum atomic E-state index is 12.1. The number of nitrogens with two attached hydrogens (primary N) is 1. The molecule has 2 heterocycles. The van der Waals surface area contributed by atoms with Gasteiger partial charge in [-0.05, 0) is 18.5 Å². The Labute approximate surface area is 106 Å². The molecule has 0 bridgehead atoms. The van der Waals surface area contributed by atoms with E-state index >= 15 is 0 Å². The van der Waals surface area contributed by atoms with Crippen LogP contribution in [0, 0.1) is 0 Å². The molecule has 2 rings (SSSR count). The van der Waals surface area contributed by atoms with Crippen molar-refractivity contribution < 1.29 is 4.79 Å². The number of rotatable bonds is 3. The molecule has 94 valence electrons. The summed E-state index contributed by atoms with van der Waals surface area (Å²) in [6.07, 6.45) is 0.656. The van der Waals surface area contributed by atoms with Crippen molar-refractivity contribution >= 4 is 17.2 Å². The molecular formula is C12H19N3OS. The summed E-state index contributed by atoms with van der Waals surface area (Å²) in [5, 5.41) is 2.02. The Bertz CT molecular complexity index is 358. The van der Waals surface area contributed by atoms with E-state index in [0.717, 1.165) is 26.2 Å². The monoisotopic (exact) mass is 253 g/mol. The van der Waals surface area contributed by atoms with E-state index in [1.54, 1.807) is 11.3 Å². The second kappa shape index (κ2) is 5.62. The Hall–Kier alpha value is -0.910. The Morgan fingerprint density at radius 1 is 1.47 bits per heavy atom. The van der Waals surface area contributed by atoms with Crippen LogP contribution in [0.1, 0.15) is 4.88 Å². The molecule has 0 radical (unpaired) electrons. The van der Waals surface area contributed by atoms with Crippen molar-refractivity contribution in [2.24, 2.45) is 5.73 Å². The first kappa shape index (κ1) is 12.5. The highest BCUT2D eigenvalue weighted by Gasteiger charge is 2.24. The van der Waals surface area contributed by atoms with Crippen molar-refractivity contribution in [1.82, 2.24) is 9.80 Å². The fraction of sp³-hybridized carbons (Fsp3) is 0.583. The van der Waals surface area contributed by atoms with Crippen LogP contribution < -0.4 is 5.73 Å². The zero-order valence-electron chi connectivity index (χ0n) is 10.1. The average Bonchev–Trinajstić information content (AvgIpc) is 2.82. The predicted molar refractivity (Wildman–Crippen MR) is 70.1 cm³/mol. The van der Waals surface area contributed by atoms with Gasteiger partial charge in [-0.3, -0.25) is 4.79 Å². The number of amides is 1. The number of carbonyl (C=O) groups excluding carboxylic acids is 1. The zero-order valence-corrected chi connectivity index (χ0v) is 10.9. The number of thiophene rings is 1. The Morgan fingerprint density at radius 3 is 2.76 bits per heavy atom. The highest BCUT2D eigenvalue weighted by molar-refractivity contribution is 7.09. The number of hydrogen-bond acceptors (Lipinski definition) is 4. The van der Waals surface area contributed by atoms with Crippen molar-refractivity contribution in [1.29, 1.82) is 0 Å². The standard InChI is InChI=1S/C12H19N3OS/c1-14-4-6-15(7-5-14)12(16)11(13)9-10-3-2-8-17-10/h2-3,8,11H,4-7,9,13H2,1H3. The van der Waals surface area contributed by atoms with Crippen LogP contribution in [0.4, 0.5) is 0 Å². The largest absolute Gasteiger partial charge is 0.339 e. The lowest BCUT2D eigenvalue weighted by Crippen LogP contribution is -2.52. The summed E-state index contributed by atoms with van der Waals surface area (Å²) in [4.78, 5) is 17.4. The van der Waals surface area contributed by atoms with Crippen molar-refractivity contribution in [3.63, 3.8) is 0 Å². The van der Waals surface area contributed by atoms with Gasteiger partial charge in [0.15, 0.2) is 0 Å². The second-order valence-electron chi connectivity index (χ2n) is 4.52. The van der Waals surface area contributed by atoms with Crippen LogP contribution >= 0.6 is 11.3 Å². The quantitative estimate of drug-likeness (QED) is 0.848. The van der Waals surface area contributed by atoms with Crippen LogP contribution in [0.5, 0.6) is 0 Å². The first-order valence-corrected chi connectivity index (χ1v) is 6.80. The van der Waals surface area contributed by atoms with Gasteiger partial charge in [0.05, 0.1) is 6.04 Å². The fourth-order valence-corrected chi connectivity index (χ4v) is 2.76. The normalized spacial score (nSPS) is 19.3. The topological polar surface area (TPSA) is 49.6 Å². The third kappa shape index (κ3) is 3.28. The molecule has 0 aromatic carbocycles. The Kier molecular flexibility index (Phi) is 4.15. The van der Waals surface area contributed by atoms with Gasteiger partial charge in [-0.25, -0.2) is 0 Å². The van der Waals surface area contributed by atoms with E-state index in [0.29, 0.717) is 6.42 Å². The van der Waals surface area contributed by atoms with E-state index < -0.39 is 6.04 Å². The molecular weight excluding hydrogens is 234 g/mol. The van der Waals surface area contributed by atoms with Gasteiger partial charge in [0.25, 0.3) is 0 Å². The van der Waals surface area contributed by atoms with E-state index in [4.69, 9.17) is 5.73 Å². The van der Waals surface area contributed by atoms with Gasteiger partial charge in [-0.2, -0.15) is 0 Å². The highest BCUT2D eigenvalue weighted by atomic mass is 32.1. The van der Waals surface area contributed by atoms with Gasteiger partial charge >= 0.3 is 0 Å². The molecule has 1 saturated heterocycles. The number of piperazine rings is 1. The van der Waals surface area contributed by atoms with Gasteiger partial charge in [0.1, 0.15) is 0 Å². The molecule has 0 aliphatic carbocycles. The van der Waals surface area contributed by atoms with E-state index in [2.05, 4.69) is 11.9 Å². The summed E-state index contributed by atoms with van der Waals surface area (Å²) in [7, 11) is 2.08. The lowest BCUT2D eigenvalue weighted by Gasteiger charge is -2.33. The molecule has 1 aliphatic rings. The van der Waals surface area contributed by atoms with Crippen molar-refractivity contribution in [3.8, 4) is 0 Å². The third-order valence-electron chi connectivity index (χ3n) is 3.13. The maximum absolute atomic E-state index is 12.1. The number of likely N-dealkylation sites (N-methyl/N-ethyl adjacent to an activating group) is 1. The van der Waals surface area contributed by atoms with E-state index in [1.165, 1.54) is 4.88 Å². The summed E-state index contributed by atoms with van der Waals surface area (Å²) in [6.45, 7) is 3.48. The van der Waals surface area contributed by atoms with Gasteiger partial charge < -0.3 is 15.5 Å². The number of hydrogen-bond donors (Lipinski definition) is 1. The highest BCUT2D eigenvalue weighted by Crippen LogP contribution is 2.12. The van der Waals surface area contributed by atoms with Crippen LogP contribution in [-0.2, 0) is 11.2 Å². The first-order chi connectivity index (χ1) is 8.16. The van der Waals surface area contributed by atoms with E-state index in [9.17, 15) is 4.79 Å². The summed E-state index contributed by atoms with van der Waals surface area (Å²) in [5.41, 5.74) is 5.98. The minimum atomic E-state index is -0.392. The molecule has 1 fully saturated rings. The average molecular weight is 253 g/mol. The van der Waals surface area contributed by atoms with Crippen LogP contribution in [0.3, 0.4) is 0 Å². The molecule has 1 amide bonds. The summed E-state index contributed by atoms with van der Waals surface area (Å²) < 4.78 is 0. The minimum absolute atomic E-state index is 0.0894. The molecule has 5 heteroatoms. The fourth-order valence-electron chi connectivity index (χ4n) is 1.99. The third-order valence-corrected chi connectivity index (χ3v) is 4.03. The van der Waals surface area contributed by atoms with Crippen LogP contribution in [-0.4, -0.2) is 55.0 Å². The number of carbonyl (C=O) groups is 1. The maximum Gasteiger partial charge on any atom is 0.239 e. The predicted octanol–water partition coefficient (Wildman–Crippen LogP) is 0.392.